The molecule has 1 rings (SSSR count). The van der Waals surface area contributed by atoms with E-state index in [0.717, 1.165) is 62.3 Å². The number of hydrogen-bond donors (Lipinski definition) is 0. The van der Waals surface area contributed by atoms with Gasteiger partial charge in [-0.1, -0.05) is 82.1 Å². The number of esters is 3. The standard InChI is InChI=1S/C37H61BrO8/c1-5-9-16-30(7-3)27-44-35(39)18-11-13-22-42-33-24-32(29-46-37(41)20-15-21-38)25-34(26-33)43-23-14-12-19-36(40)45-28-31(8-4)17-10-6-2/h24-26,30-31H,5-23,27-29H2,1-4H3. The third-order valence-corrected chi connectivity index (χ3v) is 8.55. The lowest BCUT2D eigenvalue weighted by molar-refractivity contribution is -0.146. The van der Waals surface area contributed by atoms with Gasteiger partial charge in [0.1, 0.15) is 18.1 Å². The maximum atomic E-state index is 12.2. The van der Waals surface area contributed by atoms with Gasteiger partial charge in [0.05, 0.1) is 26.4 Å². The molecular formula is C37H61BrO8. The van der Waals surface area contributed by atoms with Crippen LogP contribution >= 0.6 is 15.9 Å². The molecule has 0 N–H and O–H groups in total. The van der Waals surface area contributed by atoms with Crippen LogP contribution in [0.2, 0.25) is 0 Å². The van der Waals surface area contributed by atoms with Gasteiger partial charge in [-0.05, 0) is 74.5 Å². The fourth-order valence-electron chi connectivity index (χ4n) is 4.81. The molecule has 0 aromatic heterocycles. The van der Waals surface area contributed by atoms with E-state index in [9.17, 15) is 14.4 Å². The van der Waals surface area contributed by atoms with Crippen molar-refractivity contribution < 1.29 is 38.1 Å². The molecule has 0 aliphatic carbocycles. The minimum Gasteiger partial charge on any atom is -0.493 e. The van der Waals surface area contributed by atoms with E-state index in [1.165, 1.54) is 0 Å². The van der Waals surface area contributed by atoms with Crippen LogP contribution in [0.25, 0.3) is 0 Å². The minimum absolute atomic E-state index is 0.125. The lowest BCUT2D eigenvalue weighted by atomic mass is 10.0. The molecule has 1 aromatic rings. The highest BCUT2D eigenvalue weighted by Crippen LogP contribution is 2.25. The maximum Gasteiger partial charge on any atom is 0.306 e. The topological polar surface area (TPSA) is 97.4 Å². The number of halogens is 1. The van der Waals surface area contributed by atoms with Gasteiger partial charge < -0.3 is 23.7 Å². The number of unbranched alkanes of at least 4 members (excludes halogenated alkanes) is 4. The Labute approximate surface area is 287 Å². The number of alkyl halides is 1. The molecule has 0 amide bonds. The molecule has 8 nitrogen and oxygen atoms in total. The Balaban J connectivity index is 2.54. The summed E-state index contributed by atoms with van der Waals surface area (Å²) in [6.45, 7) is 10.6. The minimum atomic E-state index is -0.252. The molecular weight excluding hydrogens is 652 g/mol. The van der Waals surface area contributed by atoms with Crippen LogP contribution in [0.5, 0.6) is 11.5 Å². The van der Waals surface area contributed by atoms with Crippen LogP contribution in [0.1, 0.15) is 136 Å². The van der Waals surface area contributed by atoms with E-state index in [1.54, 1.807) is 0 Å². The fourth-order valence-corrected chi connectivity index (χ4v) is 5.09. The van der Waals surface area contributed by atoms with Crippen LogP contribution in [-0.2, 0) is 35.2 Å². The second-order valence-corrected chi connectivity index (χ2v) is 12.9. The van der Waals surface area contributed by atoms with Gasteiger partial charge in [0, 0.05) is 30.7 Å². The molecule has 264 valence electrons. The molecule has 0 saturated heterocycles. The van der Waals surface area contributed by atoms with E-state index in [-0.39, 0.29) is 24.5 Å². The van der Waals surface area contributed by atoms with Gasteiger partial charge in [0.2, 0.25) is 0 Å². The SMILES string of the molecule is CCCCC(CC)COC(=O)CCCCOc1cc(COC(=O)CCCBr)cc(OCCCCC(=O)OCC(CC)CCCC)c1. The molecule has 2 unspecified atom stereocenters. The van der Waals surface area contributed by atoms with Gasteiger partial charge in [-0.3, -0.25) is 14.4 Å². The van der Waals surface area contributed by atoms with E-state index < -0.39 is 0 Å². The third-order valence-electron chi connectivity index (χ3n) is 7.99. The molecule has 46 heavy (non-hydrogen) atoms. The predicted octanol–water partition coefficient (Wildman–Crippen LogP) is 9.52. The molecule has 0 bridgehead atoms. The van der Waals surface area contributed by atoms with Crippen LogP contribution < -0.4 is 9.47 Å². The van der Waals surface area contributed by atoms with Crippen molar-refractivity contribution in [1.82, 2.24) is 0 Å². The van der Waals surface area contributed by atoms with Crippen molar-refractivity contribution in [3.8, 4) is 11.5 Å². The van der Waals surface area contributed by atoms with Crippen molar-refractivity contribution in [3.63, 3.8) is 0 Å². The smallest absolute Gasteiger partial charge is 0.306 e. The zero-order valence-corrected chi connectivity index (χ0v) is 30.7. The van der Waals surface area contributed by atoms with Gasteiger partial charge >= 0.3 is 17.9 Å². The van der Waals surface area contributed by atoms with Gasteiger partial charge in [-0.25, -0.2) is 0 Å². The highest BCUT2D eigenvalue weighted by Gasteiger charge is 2.12. The van der Waals surface area contributed by atoms with Gasteiger partial charge in [0.25, 0.3) is 0 Å². The van der Waals surface area contributed by atoms with Crippen LogP contribution in [0, 0.1) is 11.8 Å². The molecule has 0 fully saturated rings. The summed E-state index contributed by atoms with van der Waals surface area (Å²) in [6, 6.07) is 5.52. The summed E-state index contributed by atoms with van der Waals surface area (Å²) in [5, 5.41) is 0.745. The van der Waals surface area contributed by atoms with Crippen molar-refractivity contribution in [1.29, 1.82) is 0 Å². The number of benzene rings is 1. The summed E-state index contributed by atoms with van der Waals surface area (Å²) < 4.78 is 28.4. The second-order valence-electron chi connectivity index (χ2n) is 12.1. The van der Waals surface area contributed by atoms with E-state index in [1.807, 2.05) is 18.2 Å². The molecule has 0 aliphatic heterocycles. The molecule has 0 aliphatic rings. The molecule has 0 heterocycles. The maximum absolute atomic E-state index is 12.2. The van der Waals surface area contributed by atoms with E-state index in [2.05, 4.69) is 43.6 Å². The monoisotopic (exact) mass is 712 g/mol. The van der Waals surface area contributed by atoms with Crippen LogP contribution in [0.4, 0.5) is 0 Å². The lowest BCUT2D eigenvalue weighted by Gasteiger charge is -2.15. The van der Waals surface area contributed by atoms with Crippen LogP contribution in [0.3, 0.4) is 0 Å². The van der Waals surface area contributed by atoms with Crippen LogP contribution in [-0.4, -0.2) is 49.7 Å². The number of rotatable bonds is 29. The Morgan fingerprint density at radius 3 is 1.50 bits per heavy atom. The van der Waals surface area contributed by atoms with Crippen molar-refractivity contribution in [2.45, 2.75) is 137 Å². The summed E-state index contributed by atoms with van der Waals surface area (Å²) in [6.07, 6.45) is 13.5. The summed E-state index contributed by atoms with van der Waals surface area (Å²) in [5.74, 6) is 1.55. The fraction of sp³-hybridized carbons (Fsp3) is 0.757. The molecule has 0 saturated carbocycles. The highest BCUT2D eigenvalue weighted by molar-refractivity contribution is 9.09. The first-order chi connectivity index (χ1) is 22.3. The summed E-state index contributed by atoms with van der Waals surface area (Å²) in [5.41, 5.74) is 0.772. The lowest BCUT2D eigenvalue weighted by Crippen LogP contribution is -2.14. The molecule has 0 spiro atoms. The Morgan fingerprint density at radius 1 is 0.609 bits per heavy atom. The van der Waals surface area contributed by atoms with Gasteiger partial charge in [-0.2, -0.15) is 0 Å². The van der Waals surface area contributed by atoms with Crippen molar-refractivity contribution in [2.24, 2.45) is 11.8 Å². The first-order valence-corrected chi connectivity index (χ1v) is 18.9. The molecule has 2 atom stereocenters. The number of carbonyl (C=O) groups excluding carboxylic acids is 3. The second kappa shape index (κ2) is 27.8. The average molecular weight is 714 g/mol. The van der Waals surface area contributed by atoms with Crippen molar-refractivity contribution in [3.05, 3.63) is 23.8 Å². The largest absolute Gasteiger partial charge is 0.493 e. The predicted molar refractivity (Wildman–Crippen MR) is 186 cm³/mol. The number of hydrogen-bond acceptors (Lipinski definition) is 8. The molecule has 9 heteroatoms. The summed E-state index contributed by atoms with van der Waals surface area (Å²) >= 11 is 3.34. The summed E-state index contributed by atoms with van der Waals surface area (Å²) in [4.78, 5) is 36.4. The quantitative estimate of drug-likeness (QED) is 0.0351. The van der Waals surface area contributed by atoms with Gasteiger partial charge in [0.15, 0.2) is 0 Å². The Hall–Kier alpha value is -2.29. The summed E-state index contributed by atoms with van der Waals surface area (Å²) in [7, 11) is 0. The Bertz CT molecular complexity index is 893. The van der Waals surface area contributed by atoms with Gasteiger partial charge in [-0.15, -0.1) is 0 Å². The van der Waals surface area contributed by atoms with E-state index >= 15 is 0 Å². The number of ether oxygens (including phenoxy) is 5. The van der Waals surface area contributed by atoms with Crippen LogP contribution in [0.15, 0.2) is 18.2 Å². The highest BCUT2D eigenvalue weighted by atomic mass is 79.9. The Kier molecular flexibility index (Phi) is 25.2. The average Bonchev–Trinajstić information content (AvgIpc) is 3.06. The molecule has 1 aromatic carbocycles. The number of carbonyl (C=O) groups is 3. The molecule has 0 radical (unpaired) electrons. The normalized spacial score (nSPS) is 12.3. The zero-order valence-electron chi connectivity index (χ0n) is 29.1. The van der Waals surface area contributed by atoms with Crippen molar-refractivity contribution >= 4 is 33.8 Å². The van der Waals surface area contributed by atoms with E-state index in [4.69, 9.17) is 23.7 Å². The van der Waals surface area contributed by atoms with E-state index in [0.29, 0.717) is 101 Å². The Morgan fingerprint density at radius 2 is 1.07 bits per heavy atom. The third kappa shape index (κ3) is 21.5. The first-order valence-electron chi connectivity index (χ1n) is 17.8. The van der Waals surface area contributed by atoms with Crippen molar-refractivity contribution in [2.75, 3.05) is 31.8 Å². The zero-order chi connectivity index (χ0) is 33.8. The first kappa shape index (κ1) is 41.7.